The Morgan fingerprint density at radius 3 is 2.76 bits per heavy atom. The van der Waals surface area contributed by atoms with E-state index in [-0.39, 0.29) is 12.3 Å². The highest BCUT2D eigenvalue weighted by Gasteiger charge is 2.16. The Labute approximate surface area is 97.7 Å². The lowest BCUT2D eigenvalue weighted by Gasteiger charge is -2.04. The van der Waals surface area contributed by atoms with Gasteiger partial charge in [0, 0.05) is 18.2 Å². The number of benzene rings is 1. The van der Waals surface area contributed by atoms with Crippen LogP contribution in [0, 0.1) is 24.0 Å². The number of aromatic nitrogens is 2. The molecule has 0 fully saturated rings. The summed E-state index contributed by atoms with van der Waals surface area (Å²) < 4.78 is 1.78. The first kappa shape index (κ1) is 11.5. The second-order valence-corrected chi connectivity index (χ2v) is 3.92. The Bertz CT molecular complexity index is 589. The van der Waals surface area contributed by atoms with Crippen molar-refractivity contribution in [1.82, 2.24) is 9.55 Å². The minimum atomic E-state index is -0.402. The van der Waals surface area contributed by atoms with Gasteiger partial charge in [0.25, 0.3) is 5.69 Å². The summed E-state index contributed by atoms with van der Waals surface area (Å²) in [6.07, 6.45) is 0. The largest absolute Gasteiger partial charge is 0.395 e. The average molecular weight is 235 g/mol. The summed E-state index contributed by atoms with van der Waals surface area (Å²) in [6, 6.07) is 3.22. The van der Waals surface area contributed by atoms with Gasteiger partial charge in [0.1, 0.15) is 5.82 Å². The van der Waals surface area contributed by atoms with Gasteiger partial charge in [-0.1, -0.05) is 0 Å². The van der Waals surface area contributed by atoms with Gasteiger partial charge >= 0.3 is 0 Å². The van der Waals surface area contributed by atoms with Crippen LogP contribution in [0.25, 0.3) is 11.0 Å². The Morgan fingerprint density at radius 1 is 1.47 bits per heavy atom. The van der Waals surface area contributed by atoms with Gasteiger partial charge in [-0.2, -0.15) is 0 Å². The first-order valence-electron chi connectivity index (χ1n) is 5.27. The maximum Gasteiger partial charge on any atom is 0.274 e. The second-order valence-electron chi connectivity index (χ2n) is 3.92. The van der Waals surface area contributed by atoms with Crippen molar-refractivity contribution in [3.05, 3.63) is 33.6 Å². The van der Waals surface area contributed by atoms with Gasteiger partial charge in [-0.25, -0.2) is 4.98 Å². The molecule has 0 aliphatic rings. The number of nitro benzene ring substituents is 1. The molecular weight excluding hydrogens is 222 g/mol. The summed E-state index contributed by atoms with van der Waals surface area (Å²) in [5.41, 5.74) is 2.08. The third kappa shape index (κ3) is 1.87. The first-order valence-corrected chi connectivity index (χ1v) is 5.27. The molecule has 2 rings (SSSR count). The third-order valence-electron chi connectivity index (χ3n) is 2.78. The van der Waals surface area contributed by atoms with Gasteiger partial charge in [0.05, 0.1) is 22.6 Å². The quantitative estimate of drug-likeness (QED) is 0.646. The van der Waals surface area contributed by atoms with Crippen LogP contribution in [-0.2, 0) is 6.54 Å². The van der Waals surface area contributed by atoms with Gasteiger partial charge in [-0.15, -0.1) is 0 Å². The van der Waals surface area contributed by atoms with Crippen molar-refractivity contribution < 1.29 is 10.0 Å². The minimum Gasteiger partial charge on any atom is -0.395 e. The summed E-state index contributed by atoms with van der Waals surface area (Å²) in [6.45, 7) is 3.88. The maximum atomic E-state index is 10.9. The molecule has 1 aromatic heterocycles. The zero-order valence-corrected chi connectivity index (χ0v) is 9.67. The van der Waals surface area contributed by atoms with E-state index in [1.807, 2.05) is 6.92 Å². The number of aryl methyl sites for hydroxylation is 2. The van der Waals surface area contributed by atoms with E-state index in [9.17, 15) is 10.1 Å². The van der Waals surface area contributed by atoms with Crippen LogP contribution in [0.5, 0.6) is 0 Å². The van der Waals surface area contributed by atoms with Crippen molar-refractivity contribution in [1.29, 1.82) is 0 Å². The number of aliphatic hydroxyl groups excluding tert-OH is 1. The van der Waals surface area contributed by atoms with Crippen LogP contribution in [0.4, 0.5) is 5.69 Å². The molecule has 0 aliphatic carbocycles. The van der Waals surface area contributed by atoms with Crippen LogP contribution in [0.2, 0.25) is 0 Å². The highest BCUT2D eigenvalue weighted by Crippen LogP contribution is 2.25. The molecule has 6 heteroatoms. The molecule has 0 aliphatic heterocycles. The molecule has 0 spiro atoms. The Kier molecular flexibility index (Phi) is 2.81. The lowest BCUT2D eigenvalue weighted by atomic mass is 10.2. The van der Waals surface area contributed by atoms with E-state index in [4.69, 9.17) is 5.11 Å². The third-order valence-corrected chi connectivity index (χ3v) is 2.78. The Hall–Kier alpha value is -1.95. The Morgan fingerprint density at radius 2 is 2.18 bits per heavy atom. The number of hydrogen-bond donors (Lipinski definition) is 1. The van der Waals surface area contributed by atoms with Crippen molar-refractivity contribution in [3.63, 3.8) is 0 Å². The van der Waals surface area contributed by atoms with E-state index in [1.54, 1.807) is 17.6 Å². The van der Waals surface area contributed by atoms with Crippen LogP contribution in [0.3, 0.4) is 0 Å². The van der Waals surface area contributed by atoms with E-state index < -0.39 is 4.92 Å². The van der Waals surface area contributed by atoms with Gasteiger partial charge in [0.2, 0.25) is 0 Å². The van der Waals surface area contributed by atoms with E-state index in [0.29, 0.717) is 17.6 Å². The summed E-state index contributed by atoms with van der Waals surface area (Å²) in [7, 11) is 0. The molecular formula is C11H13N3O3. The monoisotopic (exact) mass is 235 g/mol. The topological polar surface area (TPSA) is 81.2 Å². The van der Waals surface area contributed by atoms with Gasteiger partial charge in [-0.3, -0.25) is 10.1 Å². The van der Waals surface area contributed by atoms with E-state index in [2.05, 4.69) is 4.98 Å². The SMILES string of the molecule is Cc1cc2nc(C)n(CCO)c2cc1[N+](=O)[O-]. The number of nitro groups is 1. The molecule has 1 aromatic carbocycles. The molecule has 2 aromatic rings. The second kappa shape index (κ2) is 4.14. The number of fused-ring (bicyclic) bond motifs is 1. The zero-order valence-electron chi connectivity index (χ0n) is 9.67. The van der Waals surface area contributed by atoms with Gasteiger partial charge < -0.3 is 9.67 Å². The molecule has 0 bridgehead atoms. The Balaban J connectivity index is 2.72. The standard InChI is InChI=1S/C11H13N3O3/c1-7-5-9-11(6-10(7)14(16)17)13(3-4-15)8(2)12-9/h5-6,15H,3-4H2,1-2H3. The molecule has 1 heterocycles. The molecule has 1 N–H and O–H groups in total. The highest BCUT2D eigenvalue weighted by molar-refractivity contribution is 5.80. The molecule has 0 saturated carbocycles. The molecule has 0 saturated heterocycles. The van der Waals surface area contributed by atoms with E-state index in [0.717, 1.165) is 11.3 Å². The fraction of sp³-hybridized carbons (Fsp3) is 0.364. The first-order chi connectivity index (χ1) is 8.04. The van der Waals surface area contributed by atoms with Crippen LogP contribution in [0.15, 0.2) is 12.1 Å². The smallest absolute Gasteiger partial charge is 0.274 e. The van der Waals surface area contributed by atoms with E-state index >= 15 is 0 Å². The molecule has 90 valence electrons. The molecule has 0 radical (unpaired) electrons. The molecule has 0 atom stereocenters. The molecule has 0 unspecified atom stereocenters. The van der Waals surface area contributed by atoms with Crippen molar-refractivity contribution in [3.8, 4) is 0 Å². The number of aliphatic hydroxyl groups is 1. The number of rotatable bonds is 3. The predicted octanol–water partition coefficient (Wildman–Crippen LogP) is 1.55. The van der Waals surface area contributed by atoms with Gasteiger partial charge in [-0.05, 0) is 19.9 Å². The van der Waals surface area contributed by atoms with Crippen LogP contribution >= 0.6 is 0 Å². The summed E-state index contributed by atoms with van der Waals surface area (Å²) >= 11 is 0. The van der Waals surface area contributed by atoms with Crippen molar-refractivity contribution >= 4 is 16.7 Å². The molecule has 17 heavy (non-hydrogen) atoms. The average Bonchev–Trinajstić information content (AvgIpc) is 2.54. The number of hydrogen-bond acceptors (Lipinski definition) is 4. The fourth-order valence-electron chi connectivity index (χ4n) is 1.96. The van der Waals surface area contributed by atoms with Gasteiger partial charge in [0.15, 0.2) is 0 Å². The number of imidazole rings is 1. The predicted molar refractivity (Wildman–Crippen MR) is 62.9 cm³/mol. The van der Waals surface area contributed by atoms with Crippen LogP contribution < -0.4 is 0 Å². The molecule has 6 nitrogen and oxygen atoms in total. The summed E-state index contributed by atoms with van der Waals surface area (Å²) in [5.74, 6) is 0.744. The number of nitrogens with zero attached hydrogens (tertiary/aromatic N) is 3. The summed E-state index contributed by atoms with van der Waals surface area (Å²) in [4.78, 5) is 14.8. The van der Waals surface area contributed by atoms with Crippen LogP contribution in [-0.4, -0.2) is 26.2 Å². The zero-order chi connectivity index (χ0) is 12.6. The highest BCUT2D eigenvalue weighted by atomic mass is 16.6. The maximum absolute atomic E-state index is 10.9. The van der Waals surface area contributed by atoms with Crippen molar-refractivity contribution in [2.24, 2.45) is 0 Å². The lowest BCUT2D eigenvalue weighted by Crippen LogP contribution is -2.04. The fourth-order valence-corrected chi connectivity index (χ4v) is 1.96. The lowest BCUT2D eigenvalue weighted by molar-refractivity contribution is -0.385. The summed E-state index contributed by atoms with van der Waals surface area (Å²) in [5, 5.41) is 19.8. The van der Waals surface area contributed by atoms with Crippen molar-refractivity contribution in [2.75, 3.05) is 6.61 Å². The van der Waals surface area contributed by atoms with Crippen molar-refractivity contribution in [2.45, 2.75) is 20.4 Å². The normalized spacial score (nSPS) is 11.0. The van der Waals surface area contributed by atoms with Crippen LogP contribution in [0.1, 0.15) is 11.4 Å². The molecule has 0 amide bonds. The minimum absolute atomic E-state index is 0.0199. The van der Waals surface area contributed by atoms with E-state index in [1.165, 1.54) is 6.07 Å².